The number of hydrogen-bond donors (Lipinski definition) is 2. The number of nitrogens with zero attached hydrogens (tertiary/aromatic N) is 1. The molecule has 0 spiro atoms. The molecular formula is C13H23F3N2O2S. The molecule has 1 aliphatic heterocycles. The van der Waals surface area contributed by atoms with Crippen molar-refractivity contribution in [3.8, 4) is 0 Å². The van der Waals surface area contributed by atoms with Crippen LogP contribution in [0.4, 0.5) is 13.2 Å². The van der Waals surface area contributed by atoms with Crippen molar-refractivity contribution in [2.24, 2.45) is 5.92 Å². The Morgan fingerprint density at radius 1 is 1.52 bits per heavy atom. The van der Waals surface area contributed by atoms with Crippen molar-refractivity contribution < 1.29 is 23.1 Å². The molecule has 1 saturated heterocycles. The number of likely N-dealkylation sites (tertiary alicyclic amines) is 1. The van der Waals surface area contributed by atoms with E-state index in [1.54, 1.807) is 11.8 Å². The summed E-state index contributed by atoms with van der Waals surface area (Å²) in [5.74, 6) is 0.0872. The molecule has 124 valence electrons. The summed E-state index contributed by atoms with van der Waals surface area (Å²) in [6.07, 6.45) is -0.642. The van der Waals surface area contributed by atoms with E-state index in [0.717, 1.165) is 0 Å². The molecule has 0 aromatic heterocycles. The van der Waals surface area contributed by atoms with Crippen LogP contribution in [0.5, 0.6) is 0 Å². The van der Waals surface area contributed by atoms with E-state index in [9.17, 15) is 18.0 Å². The molecule has 1 heterocycles. The Balaban J connectivity index is 2.49. The fraction of sp³-hybridized carbons (Fsp3) is 0.923. The van der Waals surface area contributed by atoms with Crippen LogP contribution in [-0.2, 0) is 4.79 Å². The van der Waals surface area contributed by atoms with Gasteiger partial charge in [-0.1, -0.05) is 0 Å². The first-order valence-electron chi connectivity index (χ1n) is 7.05. The molecule has 2 N–H and O–H groups in total. The van der Waals surface area contributed by atoms with Gasteiger partial charge in [0.15, 0.2) is 0 Å². The largest absolute Gasteiger partial charge is 0.401 e. The van der Waals surface area contributed by atoms with Crippen molar-refractivity contribution in [3.63, 3.8) is 0 Å². The zero-order chi connectivity index (χ0) is 15.9. The average Bonchev–Trinajstić information content (AvgIpc) is 2.37. The van der Waals surface area contributed by atoms with Crippen LogP contribution in [-0.4, -0.2) is 66.4 Å². The maximum absolute atomic E-state index is 12.4. The van der Waals surface area contributed by atoms with E-state index in [-0.39, 0.29) is 25.1 Å². The number of aliphatic hydroxyl groups is 1. The molecule has 2 atom stereocenters. The van der Waals surface area contributed by atoms with Crippen molar-refractivity contribution >= 4 is 17.7 Å². The number of rotatable bonds is 7. The Morgan fingerprint density at radius 3 is 2.81 bits per heavy atom. The monoisotopic (exact) mass is 328 g/mol. The Bertz CT molecular complexity index is 323. The molecule has 0 aromatic rings. The first-order chi connectivity index (χ1) is 9.85. The molecule has 0 aromatic carbocycles. The first-order valence-corrected chi connectivity index (χ1v) is 8.44. The molecule has 1 fully saturated rings. The fourth-order valence-electron chi connectivity index (χ4n) is 2.54. The molecule has 21 heavy (non-hydrogen) atoms. The molecule has 1 rings (SSSR count). The Labute approximate surface area is 127 Å². The normalized spacial score (nSPS) is 22.0. The zero-order valence-corrected chi connectivity index (χ0v) is 13.0. The van der Waals surface area contributed by atoms with E-state index in [2.05, 4.69) is 5.32 Å². The second-order valence-electron chi connectivity index (χ2n) is 5.36. The number of piperidine rings is 1. The van der Waals surface area contributed by atoms with Crippen LogP contribution < -0.4 is 5.32 Å². The van der Waals surface area contributed by atoms with Crippen molar-refractivity contribution in [1.29, 1.82) is 0 Å². The van der Waals surface area contributed by atoms with E-state index >= 15 is 0 Å². The van der Waals surface area contributed by atoms with Gasteiger partial charge in [-0.15, -0.1) is 0 Å². The summed E-state index contributed by atoms with van der Waals surface area (Å²) >= 11 is 1.56. The first kappa shape index (κ1) is 18.6. The molecule has 4 nitrogen and oxygen atoms in total. The molecule has 2 unspecified atom stereocenters. The van der Waals surface area contributed by atoms with Gasteiger partial charge < -0.3 is 10.4 Å². The van der Waals surface area contributed by atoms with Gasteiger partial charge in [0, 0.05) is 24.9 Å². The summed E-state index contributed by atoms with van der Waals surface area (Å²) in [5.41, 5.74) is 0. The van der Waals surface area contributed by atoms with Gasteiger partial charge in [-0.05, 0) is 32.1 Å². The molecule has 0 bridgehead atoms. The molecule has 0 radical (unpaired) electrons. The Morgan fingerprint density at radius 2 is 2.24 bits per heavy atom. The zero-order valence-electron chi connectivity index (χ0n) is 12.2. The summed E-state index contributed by atoms with van der Waals surface area (Å²) in [4.78, 5) is 13.5. The third-order valence-electron chi connectivity index (χ3n) is 3.47. The van der Waals surface area contributed by atoms with Crippen LogP contribution in [0.3, 0.4) is 0 Å². The number of carbonyl (C=O) groups is 1. The van der Waals surface area contributed by atoms with Gasteiger partial charge >= 0.3 is 6.18 Å². The van der Waals surface area contributed by atoms with Gasteiger partial charge in [-0.3, -0.25) is 9.69 Å². The highest BCUT2D eigenvalue weighted by Gasteiger charge is 2.34. The summed E-state index contributed by atoms with van der Waals surface area (Å²) in [5, 5.41) is 11.8. The van der Waals surface area contributed by atoms with Gasteiger partial charge in [-0.2, -0.15) is 24.9 Å². The standard InChI is InChI=1S/C13H23F3N2O2S/c1-21-8-11(4-6-19)17-12(20)10-3-2-5-18(7-10)9-13(14,15)16/h10-11,19H,2-9H2,1H3,(H,17,20). The minimum absolute atomic E-state index is 0.0175. The van der Waals surface area contributed by atoms with Gasteiger partial charge in [0.2, 0.25) is 5.91 Å². The van der Waals surface area contributed by atoms with Crippen molar-refractivity contribution in [3.05, 3.63) is 0 Å². The fourth-order valence-corrected chi connectivity index (χ4v) is 3.19. The third-order valence-corrected chi connectivity index (χ3v) is 4.21. The molecule has 0 saturated carbocycles. The van der Waals surface area contributed by atoms with E-state index in [1.165, 1.54) is 4.90 Å². The lowest BCUT2D eigenvalue weighted by Crippen LogP contribution is -2.48. The molecular weight excluding hydrogens is 305 g/mol. The van der Waals surface area contributed by atoms with Crippen molar-refractivity contribution in [1.82, 2.24) is 10.2 Å². The summed E-state index contributed by atoms with van der Waals surface area (Å²) in [7, 11) is 0. The maximum Gasteiger partial charge on any atom is 0.401 e. The number of hydrogen-bond acceptors (Lipinski definition) is 4. The highest BCUT2D eigenvalue weighted by molar-refractivity contribution is 7.98. The number of thioether (sulfide) groups is 1. The number of alkyl halides is 3. The van der Waals surface area contributed by atoms with Crippen molar-refractivity contribution in [2.45, 2.75) is 31.5 Å². The Kier molecular flexibility index (Phi) is 7.83. The van der Waals surface area contributed by atoms with Crippen LogP contribution in [0.15, 0.2) is 0 Å². The second kappa shape index (κ2) is 8.85. The number of amides is 1. The molecule has 0 aliphatic carbocycles. The lowest BCUT2D eigenvalue weighted by molar-refractivity contribution is -0.152. The quantitative estimate of drug-likeness (QED) is 0.743. The molecule has 1 aliphatic rings. The third kappa shape index (κ3) is 7.37. The van der Waals surface area contributed by atoms with Crippen molar-refractivity contribution in [2.75, 3.05) is 38.2 Å². The van der Waals surface area contributed by atoms with Crippen LogP contribution in [0.1, 0.15) is 19.3 Å². The molecule has 1 amide bonds. The maximum atomic E-state index is 12.4. The highest BCUT2D eigenvalue weighted by Crippen LogP contribution is 2.22. The van der Waals surface area contributed by atoms with Crippen LogP contribution in [0, 0.1) is 5.92 Å². The van der Waals surface area contributed by atoms with Gasteiger partial charge in [0.25, 0.3) is 0 Å². The number of carbonyl (C=O) groups excluding carboxylic acids is 1. The van der Waals surface area contributed by atoms with Gasteiger partial charge in [0.05, 0.1) is 12.5 Å². The molecule has 8 heteroatoms. The summed E-state index contributed by atoms with van der Waals surface area (Å²) in [6.45, 7) is -0.442. The lowest BCUT2D eigenvalue weighted by atomic mass is 9.96. The van der Waals surface area contributed by atoms with E-state index in [0.29, 0.717) is 31.6 Å². The van der Waals surface area contributed by atoms with Crippen LogP contribution >= 0.6 is 11.8 Å². The Hall–Kier alpha value is -0.470. The lowest BCUT2D eigenvalue weighted by Gasteiger charge is -2.33. The van der Waals surface area contributed by atoms with Gasteiger partial charge in [0.1, 0.15) is 0 Å². The topological polar surface area (TPSA) is 52.6 Å². The average molecular weight is 328 g/mol. The number of aliphatic hydroxyl groups excluding tert-OH is 1. The van der Waals surface area contributed by atoms with E-state index in [4.69, 9.17) is 5.11 Å². The smallest absolute Gasteiger partial charge is 0.396 e. The second-order valence-corrected chi connectivity index (χ2v) is 6.27. The summed E-state index contributed by atoms with van der Waals surface area (Å²) < 4.78 is 37.2. The SMILES string of the molecule is CSCC(CCO)NC(=O)C1CCCN(CC(F)(F)F)C1. The van der Waals surface area contributed by atoms with Gasteiger partial charge in [-0.25, -0.2) is 0 Å². The number of nitrogens with one attached hydrogen (secondary N) is 1. The highest BCUT2D eigenvalue weighted by atomic mass is 32.2. The predicted octanol–water partition coefficient (Wildman–Crippen LogP) is 1.49. The van der Waals surface area contributed by atoms with E-state index in [1.807, 2.05) is 6.26 Å². The van der Waals surface area contributed by atoms with E-state index < -0.39 is 18.6 Å². The summed E-state index contributed by atoms with van der Waals surface area (Å²) in [6, 6.07) is -0.129. The minimum atomic E-state index is -4.23. The van der Waals surface area contributed by atoms with Crippen LogP contribution in [0.25, 0.3) is 0 Å². The predicted molar refractivity (Wildman–Crippen MR) is 77.2 cm³/mol. The minimum Gasteiger partial charge on any atom is -0.396 e. The number of halogens is 3. The van der Waals surface area contributed by atoms with Crippen LogP contribution in [0.2, 0.25) is 0 Å².